The van der Waals surface area contributed by atoms with Crippen molar-refractivity contribution in [3.05, 3.63) is 42.1 Å². The number of hydrogen-bond donors (Lipinski definition) is 1. The Morgan fingerprint density at radius 3 is 2.50 bits per heavy atom. The number of nitrogens with zero attached hydrogens (tertiary/aromatic N) is 2. The third-order valence-corrected chi connectivity index (χ3v) is 3.23. The fourth-order valence-corrected chi connectivity index (χ4v) is 2.20. The molecule has 1 aromatic heterocycles. The maximum atomic E-state index is 4.30. The first kappa shape index (κ1) is 12.8. The number of rotatable bonds is 5. The first-order chi connectivity index (χ1) is 8.76. The van der Waals surface area contributed by atoms with Crippen molar-refractivity contribution in [1.82, 2.24) is 15.1 Å². The van der Waals surface area contributed by atoms with Crippen molar-refractivity contribution >= 4 is 0 Å². The molecule has 0 saturated carbocycles. The van der Waals surface area contributed by atoms with Gasteiger partial charge in [-0.25, -0.2) is 0 Å². The minimum Gasteiger partial charge on any atom is -0.310 e. The lowest BCUT2D eigenvalue weighted by molar-refractivity contribution is 0.598. The molecule has 0 aliphatic carbocycles. The maximum Gasteiger partial charge on any atom is 0.0682 e. The number of aromatic nitrogens is 2. The van der Waals surface area contributed by atoms with E-state index in [1.165, 1.54) is 16.8 Å². The summed E-state index contributed by atoms with van der Waals surface area (Å²) in [5.41, 5.74) is 3.73. The van der Waals surface area contributed by atoms with Gasteiger partial charge in [0.2, 0.25) is 0 Å². The van der Waals surface area contributed by atoms with Crippen LogP contribution in [0.5, 0.6) is 0 Å². The Hall–Kier alpha value is -1.61. The van der Waals surface area contributed by atoms with Gasteiger partial charge in [0.25, 0.3) is 0 Å². The Labute approximate surface area is 109 Å². The topological polar surface area (TPSA) is 29.9 Å². The fraction of sp³-hybridized carbons (Fsp3) is 0.400. The zero-order valence-electron chi connectivity index (χ0n) is 11.4. The highest BCUT2D eigenvalue weighted by Crippen LogP contribution is 2.21. The minimum absolute atomic E-state index is 0.403. The predicted octanol–water partition coefficient (Wildman–Crippen LogP) is 3.24. The molecular weight excluding hydrogens is 222 g/mol. The lowest BCUT2D eigenvalue weighted by atomic mass is 10.0. The molecule has 96 valence electrons. The predicted molar refractivity (Wildman–Crippen MR) is 75.4 cm³/mol. The normalized spacial score (nSPS) is 12.6. The number of nitrogens with one attached hydrogen (secondary N) is 1. The number of aryl methyl sites for hydroxylation is 1. The third-order valence-electron chi connectivity index (χ3n) is 3.23. The summed E-state index contributed by atoms with van der Waals surface area (Å²) in [5, 5.41) is 7.72. The van der Waals surface area contributed by atoms with E-state index in [0.29, 0.717) is 6.04 Å². The SMILES string of the molecule is CCNC(C)c1ccc(-c2ccnn2CC)cc1. The smallest absolute Gasteiger partial charge is 0.0682 e. The van der Waals surface area contributed by atoms with E-state index in [1.807, 2.05) is 10.9 Å². The van der Waals surface area contributed by atoms with Crippen LogP contribution in [0.2, 0.25) is 0 Å². The molecule has 3 heteroatoms. The highest BCUT2D eigenvalue weighted by Gasteiger charge is 2.06. The minimum atomic E-state index is 0.403. The van der Waals surface area contributed by atoms with Gasteiger partial charge >= 0.3 is 0 Å². The molecule has 3 nitrogen and oxygen atoms in total. The molecule has 0 spiro atoms. The Kier molecular flexibility index (Phi) is 4.15. The van der Waals surface area contributed by atoms with E-state index in [0.717, 1.165) is 13.1 Å². The van der Waals surface area contributed by atoms with E-state index in [4.69, 9.17) is 0 Å². The van der Waals surface area contributed by atoms with Crippen LogP contribution in [0.3, 0.4) is 0 Å². The fourth-order valence-electron chi connectivity index (χ4n) is 2.20. The molecule has 1 unspecified atom stereocenters. The Balaban J connectivity index is 2.22. The monoisotopic (exact) mass is 243 g/mol. The number of benzene rings is 1. The third kappa shape index (κ3) is 2.62. The first-order valence-corrected chi connectivity index (χ1v) is 6.61. The van der Waals surface area contributed by atoms with Gasteiger partial charge in [0, 0.05) is 18.8 Å². The largest absolute Gasteiger partial charge is 0.310 e. The van der Waals surface area contributed by atoms with Gasteiger partial charge in [-0.3, -0.25) is 4.68 Å². The molecule has 0 aliphatic rings. The second-order valence-electron chi connectivity index (χ2n) is 4.43. The van der Waals surface area contributed by atoms with Crippen LogP contribution >= 0.6 is 0 Å². The molecule has 1 aromatic carbocycles. The van der Waals surface area contributed by atoms with Gasteiger partial charge in [-0.05, 0) is 37.6 Å². The molecule has 0 saturated heterocycles. The second kappa shape index (κ2) is 5.83. The van der Waals surface area contributed by atoms with E-state index in [9.17, 15) is 0 Å². The van der Waals surface area contributed by atoms with E-state index in [1.54, 1.807) is 0 Å². The lowest BCUT2D eigenvalue weighted by Crippen LogP contribution is -2.17. The first-order valence-electron chi connectivity index (χ1n) is 6.61. The molecule has 2 rings (SSSR count). The molecule has 0 fully saturated rings. The zero-order valence-corrected chi connectivity index (χ0v) is 11.4. The summed E-state index contributed by atoms with van der Waals surface area (Å²) < 4.78 is 2.02. The summed E-state index contributed by atoms with van der Waals surface area (Å²) in [6.45, 7) is 8.32. The molecule has 0 bridgehead atoms. The van der Waals surface area contributed by atoms with Crippen LogP contribution in [-0.4, -0.2) is 16.3 Å². The molecule has 0 radical (unpaired) electrons. The Bertz CT molecular complexity index is 485. The molecular formula is C15H21N3. The van der Waals surface area contributed by atoms with Crippen LogP contribution in [0, 0.1) is 0 Å². The van der Waals surface area contributed by atoms with Gasteiger partial charge in [-0.2, -0.15) is 5.10 Å². The van der Waals surface area contributed by atoms with E-state index >= 15 is 0 Å². The van der Waals surface area contributed by atoms with Crippen molar-refractivity contribution in [3.8, 4) is 11.3 Å². The van der Waals surface area contributed by atoms with Crippen molar-refractivity contribution in [2.75, 3.05) is 6.54 Å². The highest BCUT2D eigenvalue weighted by molar-refractivity contribution is 5.59. The van der Waals surface area contributed by atoms with Crippen LogP contribution < -0.4 is 5.32 Å². The van der Waals surface area contributed by atoms with Gasteiger partial charge in [-0.15, -0.1) is 0 Å². The second-order valence-corrected chi connectivity index (χ2v) is 4.43. The van der Waals surface area contributed by atoms with Crippen LogP contribution in [0.15, 0.2) is 36.5 Å². The van der Waals surface area contributed by atoms with E-state index < -0.39 is 0 Å². The quantitative estimate of drug-likeness (QED) is 0.873. The number of hydrogen-bond acceptors (Lipinski definition) is 2. The molecule has 1 N–H and O–H groups in total. The van der Waals surface area contributed by atoms with Crippen molar-refractivity contribution in [3.63, 3.8) is 0 Å². The molecule has 2 aromatic rings. The molecule has 0 amide bonds. The molecule has 18 heavy (non-hydrogen) atoms. The summed E-state index contributed by atoms with van der Waals surface area (Å²) in [6.07, 6.45) is 1.86. The molecule has 0 aliphatic heterocycles. The standard InChI is InChI=1S/C15H21N3/c1-4-16-12(3)13-6-8-14(9-7-13)15-10-11-17-18(15)5-2/h6-12,16H,4-5H2,1-3H3. The van der Waals surface area contributed by atoms with Crippen LogP contribution in [-0.2, 0) is 6.54 Å². The van der Waals surface area contributed by atoms with Gasteiger partial charge in [-0.1, -0.05) is 31.2 Å². The van der Waals surface area contributed by atoms with Gasteiger partial charge < -0.3 is 5.32 Å². The zero-order chi connectivity index (χ0) is 13.0. The summed E-state index contributed by atoms with van der Waals surface area (Å²) in [7, 11) is 0. The molecule has 1 heterocycles. The van der Waals surface area contributed by atoms with Crippen molar-refractivity contribution < 1.29 is 0 Å². The summed E-state index contributed by atoms with van der Waals surface area (Å²) in [4.78, 5) is 0. The average Bonchev–Trinajstić information content (AvgIpc) is 2.87. The summed E-state index contributed by atoms with van der Waals surface area (Å²) in [5.74, 6) is 0. The van der Waals surface area contributed by atoms with Crippen LogP contribution in [0.25, 0.3) is 11.3 Å². The van der Waals surface area contributed by atoms with Crippen LogP contribution in [0.1, 0.15) is 32.4 Å². The van der Waals surface area contributed by atoms with E-state index in [-0.39, 0.29) is 0 Å². The van der Waals surface area contributed by atoms with Crippen molar-refractivity contribution in [2.45, 2.75) is 33.4 Å². The highest BCUT2D eigenvalue weighted by atomic mass is 15.3. The van der Waals surface area contributed by atoms with Gasteiger partial charge in [0.1, 0.15) is 0 Å². The van der Waals surface area contributed by atoms with Crippen LogP contribution in [0.4, 0.5) is 0 Å². The summed E-state index contributed by atoms with van der Waals surface area (Å²) in [6, 6.07) is 11.2. The van der Waals surface area contributed by atoms with Crippen molar-refractivity contribution in [1.29, 1.82) is 0 Å². The van der Waals surface area contributed by atoms with Gasteiger partial charge in [0.05, 0.1) is 5.69 Å². The molecule has 1 atom stereocenters. The maximum absolute atomic E-state index is 4.30. The van der Waals surface area contributed by atoms with Gasteiger partial charge in [0.15, 0.2) is 0 Å². The summed E-state index contributed by atoms with van der Waals surface area (Å²) >= 11 is 0. The van der Waals surface area contributed by atoms with E-state index in [2.05, 4.69) is 61.5 Å². The Morgan fingerprint density at radius 2 is 1.89 bits per heavy atom. The van der Waals surface area contributed by atoms with Crippen molar-refractivity contribution in [2.24, 2.45) is 0 Å². The average molecular weight is 243 g/mol. The Morgan fingerprint density at radius 1 is 1.17 bits per heavy atom. The lowest BCUT2D eigenvalue weighted by Gasteiger charge is -2.13.